The number of hydrogen-bond donors (Lipinski definition) is 1. The number of aromatic nitrogens is 1. The molecule has 0 unspecified atom stereocenters. The number of carbonyl (C=O) groups excluding carboxylic acids is 1. The summed E-state index contributed by atoms with van der Waals surface area (Å²) in [6, 6.07) is 15.8. The van der Waals surface area contributed by atoms with Gasteiger partial charge in [-0.3, -0.25) is 14.1 Å². The van der Waals surface area contributed by atoms with Gasteiger partial charge in [0.2, 0.25) is 0 Å². The van der Waals surface area contributed by atoms with Gasteiger partial charge in [-0.25, -0.2) is 13.8 Å². The summed E-state index contributed by atoms with van der Waals surface area (Å²) in [5, 5.41) is 4.07. The van der Waals surface area contributed by atoms with Crippen molar-refractivity contribution in [3.8, 4) is 5.75 Å². The molecule has 0 saturated heterocycles. The van der Waals surface area contributed by atoms with E-state index in [4.69, 9.17) is 16.3 Å². The molecule has 3 rings (SSSR count). The van der Waals surface area contributed by atoms with Gasteiger partial charge in [-0.15, -0.1) is 0 Å². The highest BCUT2D eigenvalue weighted by atomic mass is 35.5. The second-order valence-electron chi connectivity index (χ2n) is 6.22. The van der Waals surface area contributed by atoms with Gasteiger partial charge in [-0.2, -0.15) is 5.10 Å². The maximum Gasteiger partial charge on any atom is 0.264 e. The molecule has 0 aliphatic carbocycles. The third-order valence-corrected chi connectivity index (χ3v) is 6.21. The Labute approximate surface area is 185 Å². The molecule has 1 amide bonds. The Kier molecular flexibility index (Phi) is 7.22. The number of anilines is 1. The van der Waals surface area contributed by atoms with Crippen molar-refractivity contribution in [3.63, 3.8) is 0 Å². The molecule has 0 fully saturated rings. The largest absolute Gasteiger partial charge is 0.495 e. The summed E-state index contributed by atoms with van der Waals surface area (Å²) in [7, 11) is -2.60. The maximum atomic E-state index is 13.3. The Morgan fingerprint density at radius 1 is 1.19 bits per heavy atom. The fraction of sp³-hybridized carbons (Fsp3) is 0.0952. The van der Waals surface area contributed by atoms with Crippen LogP contribution in [-0.4, -0.2) is 39.2 Å². The average Bonchev–Trinajstić information content (AvgIpc) is 2.78. The van der Waals surface area contributed by atoms with Gasteiger partial charge >= 0.3 is 0 Å². The summed E-state index contributed by atoms with van der Waals surface area (Å²) < 4.78 is 32.6. The quantitative estimate of drug-likeness (QED) is 0.413. The van der Waals surface area contributed by atoms with E-state index in [0.717, 1.165) is 4.31 Å². The molecule has 0 spiro atoms. The number of nitrogens with zero attached hydrogens (tertiary/aromatic N) is 3. The highest BCUT2D eigenvalue weighted by Gasteiger charge is 2.27. The van der Waals surface area contributed by atoms with E-state index < -0.39 is 22.5 Å². The molecule has 1 aromatic heterocycles. The zero-order valence-electron chi connectivity index (χ0n) is 16.5. The number of methoxy groups -OCH3 is 1. The predicted molar refractivity (Wildman–Crippen MR) is 119 cm³/mol. The third-order valence-electron chi connectivity index (χ3n) is 4.13. The number of benzene rings is 2. The Morgan fingerprint density at radius 3 is 2.61 bits per heavy atom. The summed E-state index contributed by atoms with van der Waals surface area (Å²) in [5.41, 5.74) is 3.22. The van der Waals surface area contributed by atoms with E-state index in [9.17, 15) is 13.2 Å². The summed E-state index contributed by atoms with van der Waals surface area (Å²) in [6.45, 7) is -0.510. The highest BCUT2D eigenvalue weighted by Crippen LogP contribution is 2.31. The van der Waals surface area contributed by atoms with Crippen LogP contribution in [0.15, 0.2) is 83.1 Å². The van der Waals surface area contributed by atoms with Crippen molar-refractivity contribution in [1.82, 2.24) is 10.4 Å². The molecular formula is C21H19ClN4O4S. The molecule has 160 valence electrons. The molecule has 8 nitrogen and oxygen atoms in total. The van der Waals surface area contributed by atoms with E-state index in [-0.39, 0.29) is 15.6 Å². The van der Waals surface area contributed by atoms with E-state index in [1.165, 1.54) is 43.7 Å². The van der Waals surface area contributed by atoms with Gasteiger partial charge < -0.3 is 4.74 Å². The van der Waals surface area contributed by atoms with Gasteiger partial charge in [-0.05, 0) is 36.4 Å². The number of hydrazone groups is 1. The molecule has 0 bridgehead atoms. The van der Waals surface area contributed by atoms with E-state index in [0.29, 0.717) is 11.3 Å². The Bertz CT molecular complexity index is 1170. The van der Waals surface area contributed by atoms with Crippen LogP contribution in [0.1, 0.15) is 5.56 Å². The van der Waals surface area contributed by atoms with Crippen LogP contribution in [0.5, 0.6) is 5.75 Å². The lowest BCUT2D eigenvalue weighted by Crippen LogP contribution is -2.39. The minimum absolute atomic E-state index is 0.0357. The summed E-state index contributed by atoms with van der Waals surface area (Å²) in [4.78, 5) is 16.5. The molecule has 10 heteroatoms. The van der Waals surface area contributed by atoms with E-state index in [2.05, 4.69) is 15.5 Å². The zero-order valence-corrected chi connectivity index (χ0v) is 18.0. The first kappa shape index (κ1) is 22.3. The molecule has 0 saturated carbocycles. The van der Waals surface area contributed by atoms with E-state index in [1.807, 2.05) is 0 Å². The van der Waals surface area contributed by atoms with E-state index >= 15 is 0 Å². The summed E-state index contributed by atoms with van der Waals surface area (Å²) >= 11 is 6.18. The van der Waals surface area contributed by atoms with Crippen molar-refractivity contribution in [2.24, 2.45) is 5.10 Å². The smallest absolute Gasteiger partial charge is 0.264 e. The van der Waals surface area contributed by atoms with Gasteiger partial charge in [0.25, 0.3) is 15.9 Å². The zero-order chi connectivity index (χ0) is 22.3. The number of pyridine rings is 1. The van der Waals surface area contributed by atoms with Gasteiger partial charge in [0, 0.05) is 18.0 Å². The lowest BCUT2D eigenvalue weighted by atomic mass is 10.3. The van der Waals surface area contributed by atoms with Gasteiger partial charge in [0.1, 0.15) is 12.3 Å². The molecule has 0 aliphatic heterocycles. The first-order valence-electron chi connectivity index (χ1n) is 9.05. The van der Waals surface area contributed by atoms with Gasteiger partial charge in [0.15, 0.2) is 0 Å². The normalized spacial score (nSPS) is 11.3. The number of sulfonamides is 1. The molecule has 1 N–H and O–H groups in total. The molecule has 3 aromatic rings. The molecule has 0 atom stereocenters. The Balaban J connectivity index is 1.88. The standard InChI is InChI=1S/C21H19ClN4O4S/c1-30-20-10-9-17(12-19(20)22)26(31(28,29)18-7-3-2-4-8-18)15-21(27)25-24-14-16-6-5-11-23-13-16/h2-14H,15H2,1H3,(H,25,27)/b24-14-. The maximum absolute atomic E-state index is 13.3. The number of ether oxygens (including phenoxy) is 1. The SMILES string of the molecule is COc1ccc(N(CC(=O)N/N=C\c2cccnc2)S(=O)(=O)c2ccccc2)cc1Cl. The first-order chi connectivity index (χ1) is 14.9. The Morgan fingerprint density at radius 2 is 1.97 bits per heavy atom. The lowest BCUT2D eigenvalue weighted by Gasteiger charge is -2.24. The van der Waals surface area contributed by atoms with Crippen LogP contribution in [0.25, 0.3) is 0 Å². The molecular weight excluding hydrogens is 440 g/mol. The Hall–Kier alpha value is -3.43. The summed E-state index contributed by atoms with van der Waals surface area (Å²) in [5.74, 6) is -0.250. The number of halogens is 1. The first-order valence-corrected chi connectivity index (χ1v) is 10.9. The fourth-order valence-corrected chi connectivity index (χ4v) is 4.33. The minimum atomic E-state index is -4.05. The molecule has 0 radical (unpaired) electrons. The van der Waals surface area contributed by atoms with Crippen LogP contribution in [0.4, 0.5) is 5.69 Å². The number of nitrogens with one attached hydrogen (secondary N) is 1. The van der Waals surface area contributed by atoms with Crippen LogP contribution in [0, 0.1) is 0 Å². The average molecular weight is 459 g/mol. The molecule has 0 aliphatic rings. The highest BCUT2D eigenvalue weighted by molar-refractivity contribution is 7.92. The number of amides is 1. The van der Waals surface area contributed by atoms with Crippen molar-refractivity contribution in [2.45, 2.75) is 4.90 Å². The van der Waals surface area contributed by atoms with Crippen molar-refractivity contribution >= 4 is 39.4 Å². The van der Waals surface area contributed by atoms with Crippen LogP contribution >= 0.6 is 11.6 Å². The molecule has 2 aromatic carbocycles. The third kappa shape index (κ3) is 5.59. The van der Waals surface area contributed by atoms with Crippen molar-refractivity contribution in [2.75, 3.05) is 18.0 Å². The summed E-state index contributed by atoms with van der Waals surface area (Å²) in [6.07, 6.45) is 4.59. The topological polar surface area (TPSA) is 101 Å². The second kappa shape index (κ2) is 10.1. The van der Waals surface area contributed by atoms with Crippen molar-refractivity contribution in [3.05, 3.63) is 83.6 Å². The minimum Gasteiger partial charge on any atom is -0.495 e. The number of rotatable bonds is 8. The van der Waals surface area contributed by atoms with Gasteiger partial charge in [0.05, 0.1) is 28.9 Å². The fourth-order valence-electron chi connectivity index (χ4n) is 2.64. The van der Waals surface area contributed by atoms with Crippen molar-refractivity contribution < 1.29 is 17.9 Å². The van der Waals surface area contributed by atoms with Crippen LogP contribution < -0.4 is 14.5 Å². The van der Waals surface area contributed by atoms with Crippen LogP contribution in [-0.2, 0) is 14.8 Å². The number of carbonyl (C=O) groups is 1. The predicted octanol–water partition coefficient (Wildman–Crippen LogP) is 3.09. The lowest BCUT2D eigenvalue weighted by molar-refractivity contribution is -0.119. The molecule has 31 heavy (non-hydrogen) atoms. The second-order valence-corrected chi connectivity index (χ2v) is 8.49. The van der Waals surface area contributed by atoms with Crippen LogP contribution in [0.2, 0.25) is 5.02 Å². The van der Waals surface area contributed by atoms with Gasteiger partial charge in [-0.1, -0.05) is 35.9 Å². The van der Waals surface area contributed by atoms with E-state index in [1.54, 1.807) is 42.7 Å². The number of hydrogen-bond acceptors (Lipinski definition) is 6. The van der Waals surface area contributed by atoms with Crippen molar-refractivity contribution in [1.29, 1.82) is 0 Å². The molecule has 1 heterocycles. The monoisotopic (exact) mass is 458 g/mol. The van der Waals surface area contributed by atoms with Crippen LogP contribution in [0.3, 0.4) is 0 Å².